The number of benzene rings is 1. The molecule has 0 unspecified atom stereocenters. The van der Waals surface area contributed by atoms with E-state index in [2.05, 4.69) is 0 Å². The van der Waals surface area contributed by atoms with Crippen LogP contribution in [0.15, 0.2) is 29.2 Å². The minimum atomic E-state index is -4.27. The van der Waals surface area contributed by atoms with Crippen LogP contribution in [0.4, 0.5) is 0 Å². The van der Waals surface area contributed by atoms with Gasteiger partial charge in [0.1, 0.15) is 10.1 Å². The average molecular weight is 400 g/mol. The Labute approximate surface area is 158 Å². The minimum Gasteiger partial charge on any atom is -0.744 e. The molecule has 10 heteroatoms. The van der Waals surface area contributed by atoms with Crippen molar-refractivity contribution in [2.24, 2.45) is 0 Å². The topological polar surface area (TPSA) is 125 Å². The number of rotatable bonds is 6. The zero-order valence-corrected chi connectivity index (χ0v) is 16.4. The van der Waals surface area contributed by atoms with Gasteiger partial charge in [0, 0.05) is 19.3 Å². The second-order valence-electron chi connectivity index (χ2n) is 6.37. The van der Waals surface area contributed by atoms with Crippen molar-refractivity contribution in [2.75, 3.05) is 20.6 Å². The molecule has 1 aromatic carbocycles. The van der Waals surface area contributed by atoms with Crippen LogP contribution in [0.1, 0.15) is 31.2 Å². The molecular formula is C17H24N2O7S. The molecule has 1 heterocycles. The third-order valence-electron chi connectivity index (χ3n) is 3.57. The second-order valence-corrected chi connectivity index (χ2v) is 7.75. The lowest BCUT2D eigenvalue weighted by Gasteiger charge is -2.12. The van der Waals surface area contributed by atoms with Gasteiger partial charge < -0.3 is 14.3 Å². The lowest BCUT2D eigenvalue weighted by Crippen LogP contribution is -3.05. The Morgan fingerprint density at radius 3 is 2.11 bits per heavy atom. The van der Waals surface area contributed by atoms with Gasteiger partial charge >= 0.3 is 5.97 Å². The van der Waals surface area contributed by atoms with Crippen LogP contribution in [0.2, 0.25) is 0 Å². The van der Waals surface area contributed by atoms with E-state index in [4.69, 9.17) is 4.84 Å². The number of hydrogen-bond acceptors (Lipinski definition) is 7. The number of nitrogens with one attached hydrogen (secondary N) is 1. The molecule has 0 radical (unpaired) electrons. The fourth-order valence-corrected chi connectivity index (χ4v) is 2.57. The van der Waals surface area contributed by atoms with Crippen LogP contribution >= 0.6 is 0 Å². The van der Waals surface area contributed by atoms with Crippen LogP contribution in [0.3, 0.4) is 0 Å². The van der Waals surface area contributed by atoms with Crippen molar-refractivity contribution in [3.05, 3.63) is 29.8 Å². The Balaban J connectivity index is 0.000000289. The summed E-state index contributed by atoms with van der Waals surface area (Å²) >= 11 is 0. The molecule has 1 aliphatic heterocycles. The van der Waals surface area contributed by atoms with Crippen LogP contribution in [-0.2, 0) is 29.3 Å². The molecule has 1 N–H and O–H groups in total. The van der Waals surface area contributed by atoms with Crippen LogP contribution in [0.5, 0.6) is 0 Å². The fourth-order valence-electron chi connectivity index (χ4n) is 2.10. The molecule has 1 aliphatic rings. The summed E-state index contributed by atoms with van der Waals surface area (Å²) < 4.78 is 31.2. The summed E-state index contributed by atoms with van der Waals surface area (Å²) in [5.74, 6) is -1.39. The number of carbonyl (C=O) groups is 3. The summed E-state index contributed by atoms with van der Waals surface area (Å²) in [7, 11) is -0.300. The van der Waals surface area contributed by atoms with Gasteiger partial charge in [-0.25, -0.2) is 13.2 Å². The number of carbonyl (C=O) groups excluding carboxylic acids is 3. The Morgan fingerprint density at radius 2 is 1.67 bits per heavy atom. The van der Waals surface area contributed by atoms with Gasteiger partial charge in [0.05, 0.1) is 32.0 Å². The molecule has 0 spiro atoms. The number of quaternary nitrogens is 1. The standard InChI is InChI=1S/C10H16N2O4.C7H8O3S/c1-11(2)7-3-4-10(15)16-12-8(13)5-6-9(12)14;1-6-2-4-7(5-3-6)11(8,9)10/h3-7H2,1-2H3;2-5H,1H3,(H,8,9,10). The lowest BCUT2D eigenvalue weighted by atomic mass is 10.2. The molecule has 2 rings (SSSR count). The van der Waals surface area contributed by atoms with E-state index >= 15 is 0 Å². The first-order valence-corrected chi connectivity index (χ1v) is 9.79. The smallest absolute Gasteiger partial charge is 0.333 e. The van der Waals surface area contributed by atoms with E-state index in [1.54, 1.807) is 12.1 Å². The SMILES string of the molecule is C[NH+](C)CCCC(=O)ON1C(=O)CCC1=O.Cc1ccc(S(=O)(=O)[O-])cc1. The van der Waals surface area contributed by atoms with Crippen molar-refractivity contribution in [3.8, 4) is 0 Å². The second kappa shape index (κ2) is 10.1. The highest BCUT2D eigenvalue weighted by molar-refractivity contribution is 7.85. The Morgan fingerprint density at radius 1 is 1.15 bits per heavy atom. The molecular weight excluding hydrogens is 376 g/mol. The quantitative estimate of drug-likeness (QED) is 0.500. The minimum absolute atomic E-state index is 0.133. The Hall–Kier alpha value is -2.30. The zero-order valence-electron chi connectivity index (χ0n) is 15.6. The molecule has 1 fully saturated rings. The van der Waals surface area contributed by atoms with Gasteiger partial charge in [0.25, 0.3) is 11.8 Å². The van der Waals surface area contributed by atoms with Crippen LogP contribution < -0.4 is 4.90 Å². The molecule has 9 nitrogen and oxygen atoms in total. The molecule has 0 aromatic heterocycles. The predicted octanol–water partition coefficient (Wildman–Crippen LogP) is -0.583. The van der Waals surface area contributed by atoms with E-state index in [1.165, 1.54) is 17.0 Å². The average Bonchev–Trinajstić information content (AvgIpc) is 2.86. The van der Waals surface area contributed by atoms with E-state index in [0.29, 0.717) is 11.5 Å². The number of hydroxylamine groups is 2. The van der Waals surface area contributed by atoms with Gasteiger partial charge in [0.2, 0.25) is 0 Å². The van der Waals surface area contributed by atoms with E-state index in [0.717, 1.165) is 12.1 Å². The van der Waals surface area contributed by atoms with E-state index in [1.807, 2.05) is 21.0 Å². The van der Waals surface area contributed by atoms with E-state index in [-0.39, 0.29) is 24.2 Å². The van der Waals surface area contributed by atoms with Crippen molar-refractivity contribution < 1.29 is 37.1 Å². The Bertz CT molecular complexity index is 757. The Kier molecular flexibility index (Phi) is 8.54. The molecule has 1 aromatic rings. The maximum Gasteiger partial charge on any atom is 0.333 e. The molecule has 0 bridgehead atoms. The lowest BCUT2D eigenvalue weighted by molar-refractivity contribution is -0.858. The summed E-state index contributed by atoms with van der Waals surface area (Å²) in [6.07, 6.45) is 1.17. The number of nitrogens with zero attached hydrogens (tertiary/aromatic N) is 1. The number of aryl methyl sites for hydroxylation is 1. The van der Waals surface area contributed by atoms with Gasteiger partial charge in [-0.05, 0) is 19.1 Å². The molecule has 0 aliphatic carbocycles. The van der Waals surface area contributed by atoms with Gasteiger partial charge in [-0.1, -0.05) is 17.7 Å². The molecule has 0 atom stereocenters. The molecule has 27 heavy (non-hydrogen) atoms. The third kappa shape index (κ3) is 8.29. The summed E-state index contributed by atoms with van der Waals surface area (Å²) in [5, 5.41) is 0.588. The normalized spacial score (nSPS) is 14.2. The van der Waals surface area contributed by atoms with Gasteiger partial charge in [-0.3, -0.25) is 9.59 Å². The summed E-state index contributed by atoms with van der Waals surface area (Å²) in [6, 6.07) is 5.78. The first-order chi connectivity index (χ1) is 12.5. The summed E-state index contributed by atoms with van der Waals surface area (Å²) in [4.78, 5) is 39.3. The predicted molar refractivity (Wildman–Crippen MR) is 93.2 cm³/mol. The van der Waals surface area contributed by atoms with Crippen LogP contribution in [0, 0.1) is 6.92 Å². The van der Waals surface area contributed by atoms with Crippen molar-refractivity contribution in [1.29, 1.82) is 0 Å². The fraction of sp³-hybridized carbons (Fsp3) is 0.471. The number of amides is 2. The zero-order chi connectivity index (χ0) is 20.6. The van der Waals surface area contributed by atoms with Crippen LogP contribution in [-0.4, -0.2) is 56.5 Å². The molecule has 1 saturated heterocycles. The maximum absolute atomic E-state index is 11.3. The van der Waals surface area contributed by atoms with Crippen molar-refractivity contribution in [2.45, 2.75) is 37.5 Å². The van der Waals surface area contributed by atoms with Gasteiger partial charge in [-0.2, -0.15) is 0 Å². The highest BCUT2D eigenvalue weighted by Crippen LogP contribution is 2.12. The van der Waals surface area contributed by atoms with Gasteiger partial charge in [0.15, 0.2) is 0 Å². The monoisotopic (exact) mass is 400 g/mol. The largest absolute Gasteiger partial charge is 0.744 e. The number of hydrogen-bond donors (Lipinski definition) is 1. The van der Waals surface area contributed by atoms with E-state index in [9.17, 15) is 27.4 Å². The van der Waals surface area contributed by atoms with Crippen molar-refractivity contribution in [1.82, 2.24) is 5.06 Å². The highest BCUT2D eigenvalue weighted by atomic mass is 32.2. The van der Waals surface area contributed by atoms with Crippen molar-refractivity contribution >= 4 is 27.9 Å². The summed E-state index contributed by atoms with van der Waals surface area (Å²) in [6.45, 7) is 2.66. The molecule has 2 amide bonds. The summed E-state index contributed by atoms with van der Waals surface area (Å²) in [5.41, 5.74) is 0.928. The number of imide groups is 1. The van der Waals surface area contributed by atoms with Crippen molar-refractivity contribution in [3.63, 3.8) is 0 Å². The first-order valence-electron chi connectivity index (χ1n) is 8.39. The van der Waals surface area contributed by atoms with Crippen LogP contribution in [0.25, 0.3) is 0 Å². The van der Waals surface area contributed by atoms with E-state index < -0.39 is 27.9 Å². The highest BCUT2D eigenvalue weighted by Gasteiger charge is 2.32. The molecule has 150 valence electrons. The maximum atomic E-state index is 11.3. The molecule has 0 saturated carbocycles. The van der Waals surface area contributed by atoms with Gasteiger partial charge in [-0.15, -0.1) is 5.06 Å². The third-order valence-corrected chi connectivity index (χ3v) is 4.42. The first kappa shape index (κ1) is 22.7.